The lowest BCUT2D eigenvalue weighted by atomic mass is 10.0. The molecule has 6 rings (SSSR count). The van der Waals surface area contributed by atoms with Crippen molar-refractivity contribution in [2.45, 2.75) is 70.2 Å². The standard InChI is InChI=1S/C67H77N9O22S2/c68-59(69)38-45-9-15-49(16-10-45)65(87)97-54-21-11-44(12-22-54)25-35-99(89,90)75(56(63(83)84)39-60(78)79)42-47-4-1-6-51(36-47)58(77)8-3-27-93-29-31-95-33-34-96-32-30-94-28-26-72-62(82)52-7-2-5-48(37-52)43-76(57(64(85)86)40-61(80)81)100(91,92)73-41-46-13-23-55(24-14-46)98-66(88)50-17-19-53(20-18-50)74-67(70)71/h1-2,4-7,9-24,36-37,56-57,73H,3,8,25-35,38-43H2,(H3,68,69)(H,72,82)(H,78,79)(H,80,81)(H,83,84)(H,85,86)(H4,70,71,74)/t56-,57-/m0/s1. The molecule has 33 heteroatoms. The van der Waals surface area contributed by atoms with E-state index in [9.17, 15) is 75.6 Å². The van der Waals surface area contributed by atoms with Gasteiger partial charge in [0.25, 0.3) is 16.1 Å². The number of rotatable bonds is 45. The number of esters is 2. The number of hydrogen-bond acceptors (Lipinski definition) is 20. The van der Waals surface area contributed by atoms with Gasteiger partial charge in [-0.25, -0.2) is 23.0 Å². The Bertz CT molecular complexity index is 4070. The molecule has 0 heterocycles. The fourth-order valence-corrected chi connectivity index (χ4v) is 12.4. The van der Waals surface area contributed by atoms with Gasteiger partial charge in [-0.15, -0.1) is 0 Å². The first-order chi connectivity index (χ1) is 47.7. The highest BCUT2D eigenvalue weighted by atomic mass is 32.2. The maximum absolute atomic E-state index is 13.9. The first-order valence-electron chi connectivity index (χ1n) is 30.9. The number of amidine groups is 1. The number of hydrogen-bond donors (Lipinski definition) is 10. The third-order valence-electron chi connectivity index (χ3n) is 14.4. The number of aryl methyl sites for hydroxylation is 1. The lowest BCUT2D eigenvalue weighted by Crippen LogP contribution is -2.50. The summed E-state index contributed by atoms with van der Waals surface area (Å²) in [7, 11) is -9.22. The molecule has 0 saturated carbocycles. The first-order valence-corrected chi connectivity index (χ1v) is 33.9. The van der Waals surface area contributed by atoms with E-state index in [2.05, 4.69) is 15.0 Å². The summed E-state index contributed by atoms with van der Waals surface area (Å²) in [5.41, 5.74) is 19.3. The molecule has 6 aromatic rings. The Hall–Kier alpha value is -10.4. The van der Waals surface area contributed by atoms with Gasteiger partial charge in [0, 0.05) is 56.8 Å². The molecule has 0 aliphatic carbocycles. The Balaban J connectivity index is 0.852. The van der Waals surface area contributed by atoms with E-state index in [-0.39, 0.29) is 148 Å². The summed E-state index contributed by atoms with van der Waals surface area (Å²) < 4.78 is 91.8. The van der Waals surface area contributed by atoms with Crippen LogP contribution in [0.25, 0.3) is 0 Å². The van der Waals surface area contributed by atoms with Crippen molar-refractivity contribution in [3.63, 3.8) is 0 Å². The van der Waals surface area contributed by atoms with Crippen LogP contribution >= 0.6 is 0 Å². The maximum atomic E-state index is 13.9. The fraction of sp³-hybridized carbons (Fsp3) is 0.313. The van der Waals surface area contributed by atoms with Crippen molar-refractivity contribution >= 4 is 85.2 Å². The topological polar surface area (TPSA) is 486 Å². The highest BCUT2D eigenvalue weighted by Gasteiger charge is 2.38. The second-order valence-corrected chi connectivity index (χ2v) is 25.8. The van der Waals surface area contributed by atoms with Gasteiger partial charge >= 0.3 is 35.8 Å². The van der Waals surface area contributed by atoms with Crippen molar-refractivity contribution in [3.05, 3.63) is 196 Å². The normalized spacial score (nSPS) is 12.1. The Morgan fingerprint density at radius 3 is 1.49 bits per heavy atom. The number of amides is 1. The molecule has 2 atom stereocenters. The van der Waals surface area contributed by atoms with Gasteiger partial charge in [0.15, 0.2) is 11.7 Å². The lowest BCUT2D eigenvalue weighted by molar-refractivity contribution is -0.148. The molecule has 534 valence electrons. The molecule has 0 bridgehead atoms. The summed E-state index contributed by atoms with van der Waals surface area (Å²) in [5, 5.41) is 49.3. The highest BCUT2D eigenvalue weighted by Crippen LogP contribution is 2.24. The Morgan fingerprint density at radius 2 is 0.980 bits per heavy atom. The average molecular weight is 1420 g/mol. The van der Waals surface area contributed by atoms with Gasteiger partial charge in [-0.1, -0.05) is 66.7 Å². The zero-order chi connectivity index (χ0) is 72.8. The molecule has 0 aromatic heterocycles. The molecular formula is C67H77N9O22S2. The molecule has 0 fully saturated rings. The molecule has 0 aliphatic heterocycles. The average Bonchev–Trinajstić information content (AvgIpc) is 0.813. The zero-order valence-corrected chi connectivity index (χ0v) is 55.6. The van der Waals surface area contributed by atoms with Crippen LogP contribution < -0.4 is 36.7 Å². The second kappa shape index (κ2) is 39.3. The number of benzene rings is 6. The van der Waals surface area contributed by atoms with E-state index in [0.717, 1.165) is 5.56 Å². The van der Waals surface area contributed by atoms with Crippen molar-refractivity contribution in [3.8, 4) is 11.5 Å². The van der Waals surface area contributed by atoms with Crippen LogP contribution in [0, 0.1) is 5.41 Å². The molecule has 1 amide bonds. The van der Waals surface area contributed by atoms with E-state index >= 15 is 0 Å². The molecule has 0 radical (unpaired) electrons. The predicted molar refractivity (Wildman–Crippen MR) is 361 cm³/mol. The van der Waals surface area contributed by atoms with Crippen LogP contribution in [-0.2, 0) is 90.8 Å². The van der Waals surface area contributed by atoms with Crippen molar-refractivity contribution in [2.75, 3.05) is 65.2 Å². The number of sulfonamides is 1. The van der Waals surface area contributed by atoms with Crippen LogP contribution in [0.15, 0.2) is 151 Å². The fourth-order valence-electron chi connectivity index (χ4n) is 9.47. The minimum Gasteiger partial charge on any atom is -0.481 e. The second-order valence-electron chi connectivity index (χ2n) is 22.1. The maximum Gasteiger partial charge on any atom is 0.343 e. The van der Waals surface area contributed by atoms with Crippen LogP contribution in [0.1, 0.15) is 94.9 Å². The molecule has 31 nitrogen and oxygen atoms in total. The van der Waals surface area contributed by atoms with Crippen LogP contribution in [0.2, 0.25) is 0 Å². The van der Waals surface area contributed by atoms with Crippen molar-refractivity contribution < 1.29 is 104 Å². The van der Waals surface area contributed by atoms with Gasteiger partial charge in [0.1, 0.15) is 23.6 Å². The number of guanidine groups is 1. The third-order valence-corrected chi connectivity index (χ3v) is 17.8. The number of ether oxygens (including phenoxy) is 6. The van der Waals surface area contributed by atoms with Crippen molar-refractivity contribution in [2.24, 2.45) is 22.2 Å². The summed E-state index contributed by atoms with van der Waals surface area (Å²) in [4.78, 5) is 104. The molecule has 0 saturated heterocycles. The largest absolute Gasteiger partial charge is 0.481 e. The summed E-state index contributed by atoms with van der Waals surface area (Å²) in [5.74, 6) is -9.30. The molecular weight excluding hydrogens is 1350 g/mol. The quantitative estimate of drug-likeness (QED) is 0.00644. The number of carbonyl (C=O) groups is 8. The number of carboxylic acids is 4. The van der Waals surface area contributed by atoms with Crippen LogP contribution in [0.5, 0.6) is 11.5 Å². The number of carbonyl (C=O) groups excluding carboxylic acids is 4. The Labute approximate surface area is 575 Å². The molecule has 0 spiro atoms. The lowest BCUT2D eigenvalue weighted by Gasteiger charge is -2.27. The first kappa shape index (κ1) is 78.6. The van der Waals surface area contributed by atoms with Crippen LogP contribution in [0.3, 0.4) is 0 Å². The Morgan fingerprint density at radius 1 is 0.520 bits per heavy atom. The summed E-state index contributed by atoms with van der Waals surface area (Å²) in [6.45, 7) is 0.00104. The minimum absolute atomic E-state index is 0.0324. The molecule has 0 unspecified atom stereocenters. The molecule has 0 aliphatic rings. The number of nitrogens with two attached hydrogens (primary N) is 3. The van der Waals surface area contributed by atoms with Crippen molar-refractivity contribution in [1.82, 2.24) is 18.6 Å². The highest BCUT2D eigenvalue weighted by molar-refractivity contribution is 7.89. The summed E-state index contributed by atoms with van der Waals surface area (Å²) in [6, 6.07) is 31.5. The number of aliphatic imine (C=N–C) groups is 1. The van der Waals surface area contributed by atoms with E-state index in [4.69, 9.17) is 51.0 Å². The molecule has 13 N–H and O–H groups in total. The smallest absolute Gasteiger partial charge is 0.343 e. The summed E-state index contributed by atoms with van der Waals surface area (Å²) >= 11 is 0. The molecule has 6 aromatic carbocycles. The van der Waals surface area contributed by atoms with Gasteiger partial charge in [0.05, 0.1) is 87.5 Å². The van der Waals surface area contributed by atoms with Gasteiger partial charge < -0.3 is 71.4 Å². The summed E-state index contributed by atoms with van der Waals surface area (Å²) in [6.07, 6.45) is -1.66. The van der Waals surface area contributed by atoms with Crippen molar-refractivity contribution in [1.29, 1.82) is 5.41 Å². The SMILES string of the molecule is N=C(N)Cc1ccc(C(=O)Oc2ccc(CCS(=O)(=O)N(Cc3cccc(C(=O)CCCOCCOCCOCCOCCNC(=O)c4cccc(CN([C@@H](CC(=O)O)C(=O)O)S(=O)(=O)NCc5ccc(OC(=O)c6ccc(N=C(N)N)cc6)cc5)c4)c3)[C@@H](CC(=O)O)C(=O)O)cc2)cc1. The van der Waals surface area contributed by atoms with Gasteiger partial charge in [-0.05, 0) is 120 Å². The van der Waals surface area contributed by atoms with Gasteiger partial charge in [-0.2, -0.15) is 21.8 Å². The third kappa shape index (κ3) is 26.8. The molecule has 100 heavy (non-hydrogen) atoms. The number of nitrogens with zero attached hydrogens (tertiary/aromatic N) is 3. The van der Waals surface area contributed by atoms with Gasteiger partial charge in [-0.3, -0.25) is 34.2 Å². The predicted octanol–water partition coefficient (Wildman–Crippen LogP) is 4.03. The number of nitrogens with one attached hydrogen (secondary N) is 3. The zero-order valence-electron chi connectivity index (χ0n) is 54.0. The Kier molecular flexibility index (Phi) is 30.9. The van der Waals surface area contributed by atoms with Crippen LogP contribution in [-0.4, -0.2) is 182 Å². The monoisotopic (exact) mass is 1420 g/mol. The van der Waals surface area contributed by atoms with E-state index in [0.29, 0.717) is 31.8 Å². The minimum atomic E-state index is -4.74. The van der Waals surface area contributed by atoms with Gasteiger partial charge in [0.2, 0.25) is 10.0 Å². The number of Topliss-reactive ketones (excluding diaryl/α,β-unsaturated/α-hetero) is 1. The number of carboxylic acid groups (broad SMARTS) is 4. The van der Waals surface area contributed by atoms with E-state index in [1.54, 1.807) is 12.1 Å². The number of aliphatic carboxylic acids is 4. The number of ketones is 1. The van der Waals surface area contributed by atoms with E-state index in [1.807, 2.05) is 0 Å². The van der Waals surface area contributed by atoms with E-state index in [1.165, 1.54) is 133 Å². The van der Waals surface area contributed by atoms with Crippen LogP contribution in [0.4, 0.5) is 5.69 Å². The van der Waals surface area contributed by atoms with E-state index < -0.39 is 106 Å².